The first-order valence-corrected chi connectivity index (χ1v) is 7.80. The molecule has 6 heteroatoms. The minimum absolute atomic E-state index is 0.463. The lowest BCUT2D eigenvalue weighted by atomic mass is 10.1. The van der Waals surface area contributed by atoms with Gasteiger partial charge in [0.05, 0.1) is 16.9 Å². The van der Waals surface area contributed by atoms with Crippen LogP contribution in [0.3, 0.4) is 0 Å². The van der Waals surface area contributed by atoms with Crippen LogP contribution in [-0.4, -0.2) is 15.0 Å². The standard InChI is InChI=1S/C18H14ClN5/c19-15-10-22-18(23-12-5-3-4-11(20)8-12)24-17(15)14-9-21-16-7-2-1-6-13(14)16/h1-10,21H,20H2,(H,22,23,24). The van der Waals surface area contributed by atoms with Crippen molar-refractivity contribution in [1.82, 2.24) is 15.0 Å². The number of anilines is 3. The predicted octanol–water partition coefficient (Wildman–Crippen LogP) is 4.60. The van der Waals surface area contributed by atoms with E-state index in [0.717, 1.165) is 22.2 Å². The van der Waals surface area contributed by atoms with Gasteiger partial charge in [0.1, 0.15) is 0 Å². The molecule has 0 spiro atoms. The van der Waals surface area contributed by atoms with Crippen molar-refractivity contribution >= 4 is 39.8 Å². The van der Waals surface area contributed by atoms with E-state index in [-0.39, 0.29) is 0 Å². The molecule has 2 aromatic heterocycles. The zero-order valence-corrected chi connectivity index (χ0v) is 13.4. The Balaban J connectivity index is 1.76. The lowest BCUT2D eigenvalue weighted by molar-refractivity contribution is 1.17. The highest BCUT2D eigenvalue weighted by Gasteiger charge is 2.12. The smallest absolute Gasteiger partial charge is 0.227 e. The number of nitrogen functional groups attached to an aromatic ring is 1. The van der Waals surface area contributed by atoms with Crippen LogP contribution in [0.15, 0.2) is 60.9 Å². The monoisotopic (exact) mass is 335 g/mol. The molecule has 0 saturated heterocycles. The number of fused-ring (bicyclic) bond motifs is 1. The minimum atomic E-state index is 0.463. The molecule has 2 aromatic carbocycles. The molecule has 0 unspecified atom stereocenters. The van der Waals surface area contributed by atoms with E-state index >= 15 is 0 Å². The van der Waals surface area contributed by atoms with Gasteiger partial charge in [0.15, 0.2) is 0 Å². The van der Waals surface area contributed by atoms with Gasteiger partial charge in [-0.3, -0.25) is 0 Å². The van der Waals surface area contributed by atoms with Gasteiger partial charge in [0, 0.05) is 34.0 Å². The van der Waals surface area contributed by atoms with Gasteiger partial charge in [-0.25, -0.2) is 9.97 Å². The number of nitrogens with one attached hydrogen (secondary N) is 2. The van der Waals surface area contributed by atoms with Crippen LogP contribution >= 0.6 is 11.6 Å². The molecule has 24 heavy (non-hydrogen) atoms. The van der Waals surface area contributed by atoms with Crippen molar-refractivity contribution in [3.63, 3.8) is 0 Å². The van der Waals surface area contributed by atoms with Gasteiger partial charge in [-0.15, -0.1) is 0 Å². The van der Waals surface area contributed by atoms with Gasteiger partial charge in [0.25, 0.3) is 0 Å². The van der Waals surface area contributed by atoms with Crippen molar-refractivity contribution in [3.05, 3.63) is 65.9 Å². The van der Waals surface area contributed by atoms with E-state index in [9.17, 15) is 0 Å². The Labute approximate surface area is 143 Å². The highest BCUT2D eigenvalue weighted by atomic mass is 35.5. The molecule has 0 amide bonds. The predicted molar refractivity (Wildman–Crippen MR) is 98.5 cm³/mol. The topological polar surface area (TPSA) is 79.6 Å². The number of aromatic nitrogens is 3. The molecule has 4 N–H and O–H groups in total. The van der Waals surface area contributed by atoms with Crippen LogP contribution in [0.1, 0.15) is 0 Å². The number of hydrogen-bond donors (Lipinski definition) is 3. The Bertz CT molecular complexity index is 1020. The van der Waals surface area contributed by atoms with E-state index in [0.29, 0.717) is 22.4 Å². The first-order valence-electron chi connectivity index (χ1n) is 7.42. The third kappa shape index (κ3) is 2.66. The molecule has 118 valence electrons. The maximum atomic E-state index is 6.33. The van der Waals surface area contributed by atoms with Crippen molar-refractivity contribution < 1.29 is 0 Å². The number of hydrogen-bond acceptors (Lipinski definition) is 4. The van der Waals surface area contributed by atoms with Crippen molar-refractivity contribution in [2.24, 2.45) is 0 Å². The van der Waals surface area contributed by atoms with Crippen LogP contribution in [0.25, 0.3) is 22.2 Å². The molecule has 0 radical (unpaired) electrons. The van der Waals surface area contributed by atoms with Crippen molar-refractivity contribution in [3.8, 4) is 11.3 Å². The van der Waals surface area contributed by atoms with Crippen LogP contribution in [0.2, 0.25) is 5.02 Å². The second kappa shape index (κ2) is 5.86. The second-order valence-electron chi connectivity index (χ2n) is 5.39. The summed E-state index contributed by atoms with van der Waals surface area (Å²) in [5.41, 5.74) is 9.94. The summed E-state index contributed by atoms with van der Waals surface area (Å²) in [7, 11) is 0. The Hall–Kier alpha value is -3.05. The van der Waals surface area contributed by atoms with E-state index < -0.39 is 0 Å². The van der Waals surface area contributed by atoms with E-state index in [1.54, 1.807) is 6.20 Å². The summed E-state index contributed by atoms with van der Waals surface area (Å²) in [4.78, 5) is 12.1. The minimum Gasteiger partial charge on any atom is -0.399 e. The van der Waals surface area contributed by atoms with Crippen molar-refractivity contribution in [2.45, 2.75) is 0 Å². The normalized spacial score (nSPS) is 10.9. The van der Waals surface area contributed by atoms with Crippen LogP contribution in [-0.2, 0) is 0 Å². The number of para-hydroxylation sites is 1. The number of nitrogens with zero attached hydrogens (tertiary/aromatic N) is 2. The van der Waals surface area contributed by atoms with Crippen molar-refractivity contribution in [1.29, 1.82) is 0 Å². The molecule has 0 saturated carbocycles. The average molecular weight is 336 g/mol. The summed E-state index contributed by atoms with van der Waals surface area (Å²) in [6, 6.07) is 15.4. The lowest BCUT2D eigenvalue weighted by Gasteiger charge is -2.08. The Morgan fingerprint density at radius 1 is 1.08 bits per heavy atom. The summed E-state index contributed by atoms with van der Waals surface area (Å²) < 4.78 is 0. The number of halogens is 1. The van der Waals surface area contributed by atoms with E-state index in [4.69, 9.17) is 17.3 Å². The number of nitrogens with two attached hydrogens (primary N) is 1. The van der Waals surface area contributed by atoms with Gasteiger partial charge < -0.3 is 16.0 Å². The van der Waals surface area contributed by atoms with Crippen LogP contribution in [0, 0.1) is 0 Å². The van der Waals surface area contributed by atoms with E-state index in [1.165, 1.54) is 0 Å². The summed E-state index contributed by atoms with van der Waals surface area (Å²) in [5, 5.41) is 4.71. The highest BCUT2D eigenvalue weighted by Crippen LogP contribution is 2.32. The third-order valence-corrected chi connectivity index (χ3v) is 4.01. The number of aromatic amines is 1. The van der Waals surface area contributed by atoms with E-state index in [2.05, 4.69) is 20.3 Å². The Morgan fingerprint density at radius 2 is 1.96 bits per heavy atom. The van der Waals surface area contributed by atoms with Gasteiger partial charge in [0.2, 0.25) is 5.95 Å². The second-order valence-corrected chi connectivity index (χ2v) is 5.80. The molecular weight excluding hydrogens is 322 g/mol. The first kappa shape index (κ1) is 14.5. The summed E-state index contributed by atoms with van der Waals surface area (Å²) in [6.45, 7) is 0. The molecule has 0 aliphatic carbocycles. The maximum Gasteiger partial charge on any atom is 0.227 e. The third-order valence-electron chi connectivity index (χ3n) is 3.73. The van der Waals surface area contributed by atoms with Crippen LogP contribution < -0.4 is 11.1 Å². The summed E-state index contributed by atoms with van der Waals surface area (Å²) >= 11 is 6.33. The van der Waals surface area contributed by atoms with E-state index in [1.807, 2.05) is 54.7 Å². The average Bonchev–Trinajstić information content (AvgIpc) is 3.01. The molecule has 0 bridgehead atoms. The largest absolute Gasteiger partial charge is 0.399 e. The molecule has 0 aliphatic heterocycles. The maximum absolute atomic E-state index is 6.33. The van der Waals surface area contributed by atoms with Gasteiger partial charge >= 0.3 is 0 Å². The molecular formula is C18H14ClN5. The first-order chi connectivity index (χ1) is 11.7. The molecule has 4 aromatic rings. The SMILES string of the molecule is Nc1cccc(Nc2ncc(Cl)c(-c3c[nH]c4ccccc34)n2)c1. The fraction of sp³-hybridized carbons (Fsp3) is 0. The van der Waals surface area contributed by atoms with Gasteiger partial charge in [-0.05, 0) is 24.3 Å². The fourth-order valence-corrected chi connectivity index (χ4v) is 2.82. The Morgan fingerprint density at radius 3 is 2.83 bits per heavy atom. The number of benzene rings is 2. The number of rotatable bonds is 3. The molecule has 5 nitrogen and oxygen atoms in total. The van der Waals surface area contributed by atoms with Gasteiger partial charge in [-0.2, -0.15) is 0 Å². The van der Waals surface area contributed by atoms with Crippen LogP contribution in [0.5, 0.6) is 0 Å². The Kier molecular flexibility index (Phi) is 3.55. The highest BCUT2D eigenvalue weighted by molar-refractivity contribution is 6.33. The molecule has 0 aliphatic rings. The summed E-state index contributed by atoms with van der Waals surface area (Å²) in [5.74, 6) is 0.463. The molecule has 0 atom stereocenters. The lowest BCUT2D eigenvalue weighted by Crippen LogP contribution is -1.99. The zero-order valence-electron chi connectivity index (χ0n) is 12.6. The van der Waals surface area contributed by atoms with Gasteiger partial charge in [-0.1, -0.05) is 35.9 Å². The fourth-order valence-electron chi connectivity index (χ4n) is 2.63. The molecule has 0 fully saturated rings. The molecule has 2 heterocycles. The van der Waals surface area contributed by atoms with Crippen LogP contribution in [0.4, 0.5) is 17.3 Å². The van der Waals surface area contributed by atoms with Crippen molar-refractivity contribution in [2.75, 3.05) is 11.1 Å². The number of H-pyrrole nitrogens is 1. The summed E-state index contributed by atoms with van der Waals surface area (Å²) in [6.07, 6.45) is 3.50. The zero-order chi connectivity index (χ0) is 16.5. The molecule has 4 rings (SSSR count). The quantitative estimate of drug-likeness (QED) is 0.478.